The normalized spacial score (nSPS) is 11.9. The van der Waals surface area contributed by atoms with E-state index in [1.165, 1.54) is 0 Å². The first kappa shape index (κ1) is 19.0. The molecular formula is C7H19NO8S. The average molecular weight is 277 g/mol. The molecule has 0 aromatic carbocycles. The quantitative estimate of drug-likeness (QED) is 0.237. The van der Waals surface area contributed by atoms with Crippen LogP contribution in [0.3, 0.4) is 0 Å². The molecule has 0 spiro atoms. The van der Waals surface area contributed by atoms with Crippen molar-refractivity contribution < 1.29 is 41.9 Å². The van der Waals surface area contributed by atoms with Crippen molar-refractivity contribution >= 4 is 10.4 Å². The molecule has 0 aliphatic rings. The summed E-state index contributed by atoms with van der Waals surface area (Å²) in [7, 11) is -0.260. The van der Waals surface area contributed by atoms with Crippen LogP contribution in [0.1, 0.15) is 0 Å². The van der Waals surface area contributed by atoms with Crippen molar-refractivity contribution in [1.82, 2.24) is 0 Å². The monoisotopic (exact) mass is 277 g/mol. The molecule has 0 aliphatic heterocycles. The van der Waals surface area contributed by atoms with Crippen LogP contribution in [0.4, 0.5) is 0 Å². The van der Waals surface area contributed by atoms with Gasteiger partial charge in [0.25, 0.3) is 0 Å². The van der Waals surface area contributed by atoms with Gasteiger partial charge >= 0.3 is 0 Å². The standard InChI is InChI=1S/C6H16NO4.CH4O4S/c1-7(2,10-5-3-8)11-6-4-9;1-5-6(2,3)4/h8-9H,3-6H2,1-2H3;1H3,(H,2,3,4)/q+1;/p-1. The summed E-state index contributed by atoms with van der Waals surface area (Å²) in [5, 5.41) is 16.8. The van der Waals surface area contributed by atoms with Crippen LogP contribution in [-0.2, 0) is 24.3 Å². The Kier molecular flexibility index (Phi) is 10.8. The van der Waals surface area contributed by atoms with Crippen molar-refractivity contribution in [3.63, 3.8) is 0 Å². The van der Waals surface area contributed by atoms with Gasteiger partial charge in [-0.05, 0) is 4.81 Å². The van der Waals surface area contributed by atoms with E-state index in [9.17, 15) is 13.0 Å². The minimum Gasteiger partial charge on any atom is -0.726 e. The molecule has 17 heavy (non-hydrogen) atoms. The van der Waals surface area contributed by atoms with Gasteiger partial charge in [0.1, 0.15) is 27.3 Å². The van der Waals surface area contributed by atoms with Gasteiger partial charge in [0, 0.05) is 0 Å². The van der Waals surface area contributed by atoms with Crippen LogP contribution < -0.4 is 0 Å². The van der Waals surface area contributed by atoms with Crippen LogP contribution in [0.5, 0.6) is 0 Å². The lowest BCUT2D eigenvalue weighted by atomic mass is 10.8. The van der Waals surface area contributed by atoms with Gasteiger partial charge in [0.15, 0.2) is 0 Å². The molecule has 0 amide bonds. The summed E-state index contributed by atoms with van der Waals surface area (Å²) in [6, 6.07) is 0. The first-order valence-electron chi connectivity index (χ1n) is 4.54. The third-order valence-corrected chi connectivity index (χ3v) is 1.60. The minimum atomic E-state index is -4.41. The van der Waals surface area contributed by atoms with E-state index >= 15 is 0 Å². The predicted octanol–water partition coefficient (Wildman–Crippen LogP) is -2.00. The molecular weight excluding hydrogens is 258 g/mol. The zero-order valence-electron chi connectivity index (χ0n) is 10.0. The van der Waals surface area contributed by atoms with E-state index in [4.69, 9.17) is 19.9 Å². The molecule has 0 heterocycles. The van der Waals surface area contributed by atoms with Gasteiger partial charge in [-0.2, -0.15) is 9.68 Å². The number of hydrogen-bond acceptors (Lipinski definition) is 8. The second-order valence-corrected chi connectivity index (χ2v) is 4.09. The number of nitrogens with zero attached hydrogens (tertiary/aromatic N) is 1. The molecule has 0 aromatic rings. The van der Waals surface area contributed by atoms with E-state index in [-0.39, 0.29) is 31.2 Å². The first-order valence-corrected chi connectivity index (χ1v) is 5.88. The second kappa shape index (κ2) is 9.67. The van der Waals surface area contributed by atoms with E-state index in [1.54, 1.807) is 14.1 Å². The summed E-state index contributed by atoms with van der Waals surface area (Å²) in [5.41, 5.74) is 0. The molecule has 2 N–H and O–H groups in total. The molecule has 10 heteroatoms. The maximum atomic E-state index is 9.22. The largest absolute Gasteiger partial charge is 0.726 e. The smallest absolute Gasteiger partial charge is 0.217 e. The number of rotatable bonds is 7. The average Bonchev–Trinajstić information content (AvgIpc) is 2.24. The van der Waals surface area contributed by atoms with Crippen molar-refractivity contribution in [3.05, 3.63) is 0 Å². The lowest BCUT2D eigenvalue weighted by Gasteiger charge is -2.23. The summed E-state index contributed by atoms with van der Waals surface area (Å²) in [6.07, 6.45) is 0. The van der Waals surface area contributed by atoms with Crippen LogP contribution in [0.2, 0.25) is 0 Å². The Bertz CT molecular complexity index is 255. The van der Waals surface area contributed by atoms with Crippen LogP contribution in [0.15, 0.2) is 0 Å². The Morgan fingerprint density at radius 1 is 1.12 bits per heavy atom. The molecule has 0 radical (unpaired) electrons. The molecule has 0 unspecified atom stereocenters. The van der Waals surface area contributed by atoms with Gasteiger partial charge in [-0.25, -0.2) is 8.42 Å². The van der Waals surface area contributed by atoms with E-state index < -0.39 is 10.4 Å². The Morgan fingerprint density at radius 3 is 1.59 bits per heavy atom. The van der Waals surface area contributed by atoms with E-state index in [0.717, 1.165) is 7.11 Å². The SMILES string of the molecule is COS(=O)(=O)[O-].C[N+](C)(OCCO)OCCO. The lowest BCUT2D eigenvalue weighted by molar-refractivity contribution is -1.22. The summed E-state index contributed by atoms with van der Waals surface area (Å²) < 4.78 is 31.0. The highest BCUT2D eigenvalue weighted by molar-refractivity contribution is 7.80. The Hall–Kier alpha value is -0.330. The molecule has 0 saturated heterocycles. The number of quaternary nitrogens is 1. The third kappa shape index (κ3) is 18.2. The lowest BCUT2D eigenvalue weighted by Crippen LogP contribution is -2.41. The van der Waals surface area contributed by atoms with Gasteiger partial charge < -0.3 is 14.8 Å². The fourth-order valence-corrected chi connectivity index (χ4v) is 0.559. The number of hydrogen-bond donors (Lipinski definition) is 2. The fourth-order valence-electron chi connectivity index (χ4n) is 0.559. The summed E-state index contributed by atoms with van der Waals surface area (Å²) in [4.78, 5) is 9.96. The summed E-state index contributed by atoms with van der Waals surface area (Å²) in [5.74, 6) is 0. The molecule has 0 rings (SSSR count). The maximum absolute atomic E-state index is 9.22. The fraction of sp³-hybridized carbons (Fsp3) is 1.00. The van der Waals surface area contributed by atoms with Crippen molar-refractivity contribution in [2.24, 2.45) is 0 Å². The zero-order chi connectivity index (χ0) is 13.9. The molecule has 106 valence electrons. The Balaban J connectivity index is 0. The van der Waals surface area contributed by atoms with Crippen molar-refractivity contribution in [2.45, 2.75) is 0 Å². The van der Waals surface area contributed by atoms with Gasteiger partial charge in [0.2, 0.25) is 10.4 Å². The van der Waals surface area contributed by atoms with Crippen molar-refractivity contribution in [1.29, 1.82) is 0 Å². The zero-order valence-corrected chi connectivity index (χ0v) is 10.8. The molecule has 9 nitrogen and oxygen atoms in total. The van der Waals surface area contributed by atoms with E-state index in [0.29, 0.717) is 0 Å². The van der Waals surface area contributed by atoms with Crippen LogP contribution in [0.25, 0.3) is 0 Å². The van der Waals surface area contributed by atoms with Crippen LogP contribution in [-0.4, -0.2) is 75.6 Å². The maximum Gasteiger partial charge on any atom is 0.217 e. The highest BCUT2D eigenvalue weighted by atomic mass is 32.3. The van der Waals surface area contributed by atoms with Crippen LogP contribution in [0, 0.1) is 0 Å². The van der Waals surface area contributed by atoms with E-state index in [1.807, 2.05) is 0 Å². The van der Waals surface area contributed by atoms with Crippen molar-refractivity contribution in [3.8, 4) is 0 Å². The highest BCUT2D eigenvalue weighted by Gasteiger charge is 2.17. The Morgan fingerprint density at radius 2 is 1.41 bits per heavy atom. The van der Waals surface area contributed by atoms with Gasteiger partial charge in [0.05, 0.1) is 20.3 Å². The van der Waals surface area contributed by atoms with Gasteiger partial charge in [-0.3, -0.25) is 4.18 Å². The number of hydroxylamine groups is 4. The second-order valence-electron chi connectivity index (χ2n) is 2.94. The molecule has 0 atom stereocenters. The first-order chi connectivity index (χ1) is 7.68. The number of aliphatic hydroxyl groups is 2. The van der Waals surface area contributed by atoms with Crippen LogP contribution >= 0.6 is 0 Å². The summed E-state index contributed by atoms with van der Waals surface area (Å²) in [6.45, 7) is 0.366. The van der Waals surface area contributed by atoms with Crippen molar-refractivity contribution in [2.75, 3.05) is 47.6 Å². The van der Waals surface area contributed by atoms with Gasteiger partial charge in [-0.1, -0.05) is 0 Å². The molecule has 0 fully saturated rings. The molecule has 0 bridgehead atoms. The highest BCUT2D eigenvalue weighted by Crippen LogP contribution is 1.98. The minimum absolute atomic E-state index is 0.0375. The summed E-state index contributed by atoms with van der Waals surface area (Å²) >= 11 is 0. The molecule has 0 saturated carbocycles. The molecule has 0 aromatic heterocycles. The Labute approximate surface area is 101 Å². The molecule has 0 aliphatic carbocycles. The van der Waals surface area contributed by atoms with E-state index in [2.05, 4.69) is 4.18 Å². The van der Waals surface area contributed by atoms with Gasteiger partial charge in [-0.15, -0.1) is 0 Å². The number of aliphatic hydroxyl groups excluding tert-OH is 2. The topological polar surface area (TPSA) is 125 Å². The third-order valence-electron chi connectivity index (χ3n) is 1.19. The predicted molar refractivity (Wildman–Crippen MR) is 54.9 cm³/mol.